The molecular weight excluding hydrogens is 268 g/mol. The molecule has 0 aliphatic rings. The van der Waals surface area contributed by atoms with Crippen molar-refractivity contribution in [1.82, 2.24) is 5.01 Å². The van der Waals surface area contributed by atoms with Crippen LogP contribution in [0, 0.1) is 0 Å². The average Bonchev–Trinajstić information content (AvgIpc) is 2.53. The molecule has 0 bridgehead atoms. The standard InChI is InChI=1S/C20H44N2/c1-4-7-9-10-11-12-13-14-15-16-18-20(6-3)22(21)19-17-8-5-2/h20H,4-19,21H2,1-3H3. The first kappa shape index (κ1) is 21.9. The summed E-state index contributed by atoms with van der Waals surface area (Å²) in [6.45, 7) is 7.89. The molecule has 22 heavy (non-hydrogen) atoms. The molecule has 0 spiro atoms. The van der Waals surface area contributed by atoms with Gasteiger partial charge in [-0.3, -0.25) is 5.84 Å². The molecule has 0 aromatic heterocycles. The van der Waals surface area contributed by atoms with Crippen LogP contribution < -0.4 is 5.84 Å². The van der Waals surface area contributed by atoms with Crippen LogP contribution in [0.3, 0.4) is 0 Å². The fourth-order valence-corrected chi connectivity index (χ4v) is 3.20. The van der Waals surface area contributed by atoms with Gasteiger partial charge in [-0.1, -0.05) is 97.8 Å². The second kappa shape index (κ2) is 17.3. The number of rotatable bonds is 17. The lowest BCUT2D eigenvalue weighted by atomic mass is 10.0. The van der Waals surface area contributed by atoms with Crippen molar-refractivity contribution < 1.29 is 0 Å². The van der Waals surface area contributed by atoms with E-state index in [1.807, 2.05) is 0 Å². The zero-order chi connectivity index (χ0) is 16.5. The molecule has 0 aromatic rings. The Kier molecular flexibility index (Phi) is 17.2. The van der Waals surface area contributed by atoms with Crippen LogP contribution in [-0.2, 0) is 0 Å². The molecular formula is C20H44N2. The van der Waals surface area contributed by atoms with Crippen molar-refractivity contribution in [2.75, 3.05) is 6.54 Å². The third-order valence-corrected chi connectivity index (χ3v) is 4.85. The predicted molar refractivity (Wildman–Crippen MR) is 101 cm³/mol. The van der Waals surface area contributed by atoms with Gasteiger partial charge in [-0.05, 0) is 19.3 Å². The molecule has 0 radical (unpaired) electrons. The Morgan fingerprint density at radius 3 is 1.59 bits per heavy atom. The summed E-state index contributed by atoms with van der Waals surface area (Å²) in [4.78, 5) is 0. The van der Waals surface area contributed by atoms with Crippen molar-refractivity contribution in [2.45, 2.75) is 123 Å². The molecule has 0 saturated carbocycles. The van der Waals surface area contributed by atoms with Crippen LogP contribution in [0.15, 0.2) is 0 Å². The van der Waals surface area contributed by atoms with E-state index in [0.717, 1.165) is 6.54 Å². The molecule has 2 nitrogen and oxygen atoms in total. The number of unbranched alkanes of at least 4 members (excludes halogenated alkanes) is 11. The molecule has 0 aromatic carbocycles. The molecule has 2 N–H and O–H groups in total. The van der Waals surface area contributed by atoms with Crippen molar-refractivity contribution >= 4 is 0 Å². The lowest BCUT2D eigenvalue weighted by Gasteiger charge is -2.26. The van der Waals surface area contributed by atoms with Crippen LogP contribution >= 0.6 is 0 Å². The SMILES string of the molecule is CCCCCCCCCCCCC(CC)N(N)CCCCC. The zero-order valence-electron chi connectivity index (χ0n) is 15.9. The monoisotopic (exact) mass is 312 g/mol. The normalized spacial score (nSPS) is 13.0. The highest BCUT2D eigenvalue weighted by Gasteiger charge is 2.12. The van der Waals surface area contributed by atoms with Gasteiger partial charge in [0.05, 0.1) is 0 Å². The van der Waals surface area contributed by atoms with Gasteiger partial charge < -0.3 is 0 Å². The van der Waals surface area contributed by atoms with Gasteiger partial charge in [-0.2, -0.15) is 0 Å². The van der Waals surface area contributed by atoms with Crippen LogP contribution in [0.1, 0.15) is 117 Å². The van der Waals surface area contributed by atoms with E-state index in [1.165, 1.54) is 96.3 Å². The quantitative estimate of drug-likeness (QED) is 0.190. The number of hydrogen-bond acceptors (Lipinski definition) is 2. The molecule has 134 valence electrons. The van der Waals surface area contributed by atoms with Gasteiger partial charge in [-0.25, -0.2) is 5.01 Å². The molecule has 0 rings (SSSR count). The molecule has 1 atom stereocenters. The fraction of sp³-hybridized carbons (Fsp3) is 1.00. The van der Waals surface area contributed by atoms with Crippen molar-refractivity contribution in [3.8, 4) is 0 Å². The summed E-state index contributed by atoms with van der Waals surface area (Å²) in [5, 5.41) is 2.11. The zero-order valence-corrected chi connectivity index (χ0v) is 15.9. The lowest BCUT2D eigenvalue weighted by molar-refractivity contribution is 0.178. The summed E-state index contributed by atoms with van der Waals surface area (Å²) in [5.41, 5.74) is 0. The predicted octanol–water partition coefficient (Wildman–Crippen LogP) is 6.44. The van der Waals surface area contributed by atoms with Crippen molar-refractivity contribution in [3.05, 3.63) is 0 Å². The van der Waals surface area contributed by atoms with E-state index in [-0.39, 0.29) is 0 Å². The van der Waals surface area contributed by atoms with Gasteiger partial charge in [0.1, 0.15) is 0 Å². The Bertz CT molecular complexity index is 206. The second-order valence-electron chi connectivity index (χ2n) is 6.98. The Morgan fingerprint density at radius 1 is 0.636 bits per heavy atom. The highest BCUT2D eigenvalue weighted by molar-refractivity contribution is 4.66. The van der Waals surface area contributed by atoms with Crippen molar-refractivity contribution in [1.29, 1.82) is 0 Å². The van der Waals surface area contributed by atoms with E-state index in [0.29, 0.717) is 6.04 Å². The van der Waals surface area contributed by atoms with Crippen LogP contribution in [0.25, 0.3) is 0 Å². The average molecular weight is 313 g/mol. The minimum absolute atomic E-state index is 0.603. The molecule has 0 aliphatic heterocycles. The van der Waals surface area contributed by atoms with Gasteiger partial charge in [0.25, 0.3) is 0 Å². The van der Waals surface area contributed by atoms with Gasteiger partial charge in [0.15, 0.2) is 0 Å². The summed E-state index contributed by atoms with van der Waals surface area (Å²) >= 11 is 0. The maximum atomic E-state index is 6.22. The number of nitrogens with zero attached hydrogens (tertiary/aromatic N) is 1. The third kappa shape index (κ3) is 13.6. The smallest absolute Gasteiger partial charge is 0.0238 e. The largest absolute Gasteiger partial charge is 0.269 e. The van der Waals surface area contributed by atoms with Crippen LogP contribution in [0.5, 0.6) is 0 Å². The van der Waals surface area contributed by atoms with Crippen molar-refractivity contribution in [2.24, 2.45) is 5.84 Å². The first-order valence-electron chi connectivity index (χ1n) is 10.3. The van der Waals surface area contributed by atoms with E-state index < -0.39 is 0 Å². The summed E-state index contributed by atoms with van der Waals surface area (Å²) in [6.07, 6.45) is 20.5. The second-order valence-corrected chi connectivity index (χ2v) is 6.98. The summed E-state index contributed by atoms with van der Waals surface area (Å²) in [5.74, 6) is 6.22. The Balaban J connectivity index is 3.42. The minimum Gasteiger partial charge on any atom is -0.269 e. The van der Waals surface area contributed by atoms with E-state index >= 15 is 0 Å². The molecule has 0 saturated heterocycles. The first-order chi connectivity index (χ1) is 10.8. The number of hydrazine groups is 1. The number of hydrogen-bond donors (Lipinski definition) is 1. The topological polar surface area (TPSA) is 29.3 Å². The highest BCUT2D eigenvalue weighted by Crippen LogP contribution is 2.15. The Morgan fingerprint density at radius 2 is 1.09 bits per heavy atom. The number of nitrogens with two attached hydrogens (primary N) is 1. The van der Waals surface area contributed by atoms with Gasteiger partial charge in [0.2, 0.25) is 0 Å². The molecule has 2 heteroatoms. The molecule has 1 unspecified atom stereocenters. The third-order valence-electron chi connectivity index (χ3n) is 4.85. The van der Waals surface area contributed by atoms with Crippen LogP contribution in [0.4, 0.5) is 0 Å². The van der Waals surface area contributed by atoms with Gasteiger partial charge >= 0.3 is 0 Å². The lowest BCUT2D eigenvalue weighted by Crippen LogP contribution is -2.41. The van der Waals surface area contributed by atoms with Crippen molar-refractivity contribution in [3.63, 3.8) is 0 Å². The molecule has 0 fully saturated rings. The molecule has 0 aliphatic carbocycles. The fourth-order valence-electron chi connectivity index (χ4n) is 3.20. The summed E-state index contributed by atoms with van der Waals surface area (Å²) < 4.78 is 0. The summed E-state index contributed by atoms with van der Waals surface area (Å²) in [6, 6.07) is 0.603. The van der Waals surface area contributed by atoms with Gasteiger partial charge in [-0.15, -0.1) is 0 Å². The first-order valence-corrected chi connectivity index (χ1v) is 10.3. The van der Waals surface area contributed by atoms with Crippen LogP contribution in [0.2, 0.25) is 0 Å². The van der Waals surface area contributed by atoms with E-state index in [1.54, 1.807) is 0 Å². The van der Waals surface area contributed by atoms with E-state index in [4.69, 9.17) is 5.84 Å². The maximum Gasteiger partial charge on any atom is 0.0238 e. The van der Waals surface area contributed by atoms with Crippen LogP contribution in [-0.4, -0.2) is 17.6 Å². The highest BCUT2D eigenvalue weighted by atomic mass is 15.4. The molecule has 0 heterocycles. The Hall–Kier alpha value is -0.0800. The molecule has 0 amide bonds. The van der Waals surface area contributed by atoms with E-state index in [9.17, 15) is 0 Å². The summed E-state index contributed by atoms with van der Waals surface area (Å²) in [7, 11) is 0. The van der Waals surface area contributed by atoms with E-state index in [2.05, 4.69) is 25.8 Å². The van der Waals surface area contributed by atoms with Gasteiger partial charge in [0, 0.05) is 12.6 Å². The maximum absolute atomic E-state index is 6.22. The Labute approximate surface area is 141 Å². The minimum atomic E-state index is 0.603.